The van der Waals surface area contributed by atoms with Gasteiger partial charge in [-0.15, -0.1) is 0 Å². The van der Waals surface area contributed by atoms with Gasteiger partial charge in [0.2, 0.25) is 5.91 Å². The molecule has 0 saturated carbocycles. The molecule has 0 atom stereocenters. The van der Waals surface area contributed by atoms with E-state index >= 15 is 0 Å². The molecule has 1 aromatic carbocycles. The van der Waals surface area contributed by atoms with E-state index in [0.29, 0.717) is 35.2 Å². The Morgan fingerprint density at radius 3 is 2.41 bits per heavy atom. The Morgan fingerprint density at radius 2 is 1.79 bits per heavy atom. The maximum Gasteiger partial charge on any atom is 0.408 e. The highest BCUT2D eigenvalue weighted by molar-refractivity contribution is 6.35. The molecule has 160 valence electrons. The van der Waals surface area contributed by atoms with E-state index in [1.807, 2.05) is 0 Å². The summed E-state index contributed by atoms with van der Waals surface area (Å²) in [5, 5.41) is 6.09. The van der Waals surface area contributed by atoms with Crippen molar-refractivity contribution in [3.05, 3.63) is 33.8 Å². The lowest BCUT2D eigenvalue weighted by molar-refractivity contribution is -0.120. The van der Waals surface area contributed by atoms with Crippen LogP contribution in [0.4, 0.5) is 4.79 Å². The number of nitrogens with one attached hydrogen (secondary N) is 2. The second kappa shape index (κ2) is 10.2. The van der Waals surface area contributed by atoms with Crippen LogP contribution in [0.25, 0.3) is 0 Å². The lowest BCUT2D eigenvalue weighted by atomic mass is 9.96. The standard InChI is InChI=1S/C20H27Cl2N3O4/c1-20(2,3)29-19(28)24-12-17(26)23-11-13-6-8-25(9-7-13)18(27)15-10-14(21)4-5-16(15)22/h4-5,10,13H,6-9,11-12H2,1-3H3,(H,23,26)(H,24,28). The molecule has 0 radical (unpaired) electrons. The Hall–Kier alpha value is -1.99. The summed E-state index contributed by atoms with van der Waals surface area (Å²) in [6, 6.07) is 4.84. The molecular formula is C20H27Cl2N3O4. The van der Waals surface area contributed by atoms with Crippen molar-refractivity contribution in [1.82, 2.24) is 15.5 Å². The van der Waals surface area contributed by atoms with Crippen molar-refractivity contribution >= 4 is 41.1 Å². The minimum absolute atomic E-state index is 0.137. The number of nitrogens with zero attached hydrogens (tertiary/aromatic N) is 1. The van der Waals surface area contributed by atoms with Crippen molar-refractivity contribution in [2.75, 3.05) is 26.2 Å². The van der Waals surface area contributed by atoms with Crippen molar-refractivity contribution in [3.8, 4) is 0 Å². The van der Waals surface area contributed by atoms with Gasteiger partial charge in [-0.25, -0.2) is 4.79 Å². The first-order valence-electron chi connectivity index (χ1n) is 9.53. The number of amides is 3. The van der Waals surface area contributed by atoms with Crippen LogP contribution in [-0.2, 0) is 9.53 Å². The van der Waals surface area contributed by atoms with E-state index in [0.717, 1.165) is 12.8 Å². The Kier molecular flexibility index (Phi) is 8.16. The fraction of sp³-hybridized carbons (Fsp3) is 0.550. The molecule has 1 saturated heterocycles. The molecule has 1 aliphatic rings. The molecule has 2 rings (SSSR count). The van der Waals surface area contributed by atoms with Crippen LogP contribution in [0.1, 0.15) is 44.0 Å². The second-order valence-electron chi connectivity index (χ2n) is 8.02. The molecule has 1 heterocycles. The normalized spacial score (nSPS) is 15.0. The molecule has 0 bridgehead atoms. The summed E-state index contributed by atoms with van der Waals surface area (Å²) in [6.07, 6.45) is 0.909. The van der Waals surface area contributed by atoms with Gasteiger partial charge >= 0.3 is 6.09 Å². The van der Waals surface area contributed by atoms with Gasteiger partial charge in [-0.3, -0.25) is 9.59 Å². The van der Waals surface area contributed by atoms with Crippen molar-refractivity contribution in [1.29, 1.82) is 0 Å². The summed E-state index contributed by atoms with van der Waals surface area (Å²) < 4.78 is 5.08. The molecule has 3 amide bonds. The third-order valence-corrected chi connectivity index (χ3v) is 5.01. The number of hydrogen-bond acceptors (Lipinski definition) is 4. The van der Waals surface area contributed by atoms with Gasteiger partial charge in [-0.1, -0.05) is 23.2 Å². The number of alkyl carbamates (subject to hydrolysis) is 1. The number of carbonyl (C=O) groups excluding carboxylic acids is 3. The summed E-state index contributed by atoms with van der Waals surface area (Å²) >= 11 is 12.1. The monoisotopic (exact) mass is 443 g/mol. The molecule has 0 spiro atoms. The molecule has 2 N–H and O–H groups in total. The Bertz CT molecular complexity index is 757. The van der Waals surface area contributed by atoms with Crippen LogP contribution in [0.15, 0.2) is 18.2 Å². The molecule has 0 aromatic heterocycles. The number of hydrogen-bond donors (Lipinski definition) is 2. The van der Waals surface area contributed by atoms with Crippen LogP contribution in [0.3, 0.4) is 0 Å². The maximum atomic E-state index is 12.7. The minimum atomic E-state index is -0.626. The summed E-state index contributed by atoms with van der Waals surface area (Å²) in [4.78, 5) is 37.9. The molecule has 1 aliphatic heterocycles. The number of rotatable bonds is 5. The molecular weight excluding hydrogens is 417 g/mol. The lowest BCUT2D eigenvalue weighted by Crippen LogP contribution is -2.44. The molecule has 1 aromatic rings. The Balaban J connectivity index is 1.72. The van der Waals surface area contributed by atoms with E-state index in [-0.39, 0.29) is 24.3 Å². The zero-order valence-electron chi connectivity index (χ0n) is 16.9. The number of likely N-dealkylation sites (tertiary alicyclic amines) is 1. The molecule has 9 heteroatoms. The van der Waals surface area contributed by atoms with E-state index < -0.39 is 11.7 Å². The molecule has 0 aliphatic carbocycles. The number of piperidine rings is 1. The number of carbonyl (C=O) groups is 3. The van der Waals surface area contributed by atoms with E-state index in [4.69, 9.17) is 27.9 Å². The van der Waals surface area contributed by atoms with Crippen LogP contribution >= 0.6 is 23.2 Å². The number of ether oxygens (including phenoxy) is 1. The van der Waals surface area contributed by atoms with Gasteiger partial charge in [0.15, 0.2) is 0 Å². The predicted molar refractivity (Wildman–Crippen MR) is 112 cm³/mol. The van der Waals surface area contributed by atoms with Crippen molar-refractivity contribution in [2.24, 2.45) is 5.92 Å². The largest absolute Gasteiger partial charge is 0.444 e. The van der Waals surface area contributed by atoms with Gasteiger partial charge in [-0.2, -0.15) is 0 Å². The smallest absolute Gasteiger partial charge is 0.408 e. The van der Waals surface area contributed by atoms with Gasteiger partial charge in [0, 0.05) is 24.7 Å². The van der Waals surface area contributed by atoms with Crippen LogP contribution in [-0.4, -0.2) is 54.6 Å². The van der Waals surface area contributed by atoms with Gasteiger partial charge in [0.1, 0.15) is 5.60 Å². The van der Waals surface area contributed by atoms with Gasteiger partial charge in [-0.05, 0) is 57.7 Å². The first-order valence-corrected chi connectivity index (χ1v) is 10.3. The average Bonchev–Trinajstić information content (AvgIpc) is 2.65. The first kappa shape index (κ1) is 23.3. The summed E-state index contributed by atoms with van der Waals surface area (Å²) in [5.41, 5.74) is -0.208. The fourth-order valence-electron chi connectivity index (χ4n) is 2.96. The molecule has 7 nitrogen and oxygen atoms in total. The third-order valence-electron chi connectivity index (χ3n) is 4.44. The summed E-state index contributed by atoms with van der Waals surface area (Å²) in [6.45, 7) is 6.78. The predicted octanol–water partition coefficient (Wildman–Crippen LogP) is 3.49. The van der Waals surface area contributed by atoms with Crippen molar-refractivity contribution in [3.63, 3.8) is 0 Å². The van der Waals surface area contributed by atoms with Crippen LogP contribution in [0, 0.1) is 5.92 Å². The highest BCUT2D eigenvalue weighted by Gasteiger charge is 2.25. The van der Waals surface area contributed by atoms with Crippen molar-refractivity contribution < 1.29 is 19.1 Å². The second-order valence-corrected chi connectivity index (χ2v) is 8.86. The van der Waals surface area contributed by atoms with Gasteiger partial charge < -0.3 is 20.3 Å². The van der Waals surface area contributed by atoms with Crippen LogP contribution in [0.5, 0.6) is 0 Å². The van der Waals surface area contributed by atoms with Gasteiger partial charge in [0.05, 0.1) is 17.1 Å². The lowest BCUT2D eigenvalue weighted by Gasteiger charge is -2.32. The molecule has 29 heavy (non-hydrogen) atoms. The highest BCUT2D eigenvalue weighted by Crippen LogP contribution is 2.24. The highest BCUT2D eigenvalue weighted by atomic mass is 35.5. The zero-order valence-corrected chi connectivity index (χ0v) is 18.4. The topological polar surface area (TPSA) is 87.7 Å². The average molecular weight is 444 g/mol. The Morgan fingerprint density at radius 1 is 1.14 bits per heavy atom. The third kappa shape index (κ3) is 7.74. The Labute approximate surface area is 181 Å². The van der Waals surface area contributed by atoms with E-state index in [2.05, 4.69) is 10.6 Å². The quantitative estimate of drug-likeness (QED) is 0.728. The summed E-state index contributed by atoms with van der Waals surface area (Å²) in [7, 11) is 0. The zero-order chi connectivity index (χ0) is 21.6. The SMILES string of the molecule is CC(C)(C)OC(=O)NCC(=O)NCC1CCN(C(=O)c2cc(Cl)ccc2Cl)CC1. The van der Waals surface area contributed by atoms with Gasteiger partial charge in [0.25, 0.3) is 5.91 Å². The van der Waals surface area contributed by atoms with E-state index in [1.54, 1.807) is 43.9 Å². The molecule has 0 unspecified atom stereocenters. The van der Waals surface area contributed by atoms with Crippen LogP contribution in [0.2, 0.25) is 10.0 Å². The van der Waals surface area contributed by atoms with Crippen molar-refractivity contribution in [2.45, 2.75) is 39.2 Å². The first-order chi connectivity index (χ1) is 13.5. The van der Waals surface area contributed by atoms with E-state index in [9.17, 15) is 14.4 Å². The van der Waals surface area contributed by atoms with E-state index in [1.165, 1.54) is 0 Å². The maximum absolute atomic E-state index is 12.7. The van der Waals surface area contributed by atoms with Crippen LogP contribution < -0.4 is 10.6 Å². The number of benzene rings is 1. The minimum Gasteiger partial charge on any atom is -0.444 e. The number of halogens is 2. The summed E-state index contributed by atoms with van der Waals surface area (Å²) in [5.74, 6) is -0.152. The molecule has 1 fully saturated rings. The fourth-order valence-corrected chi connectivity index (χ4v) is 3.33.